The molecule has 0 radical (unpaired) electrons. The Morgan fingerprint density at radius 3 is 1.53 bits per heavy atom. The van der Waals surface area contributed by atoms with Crippen molar-refractivity contribution in [2.45, 2.75) is 33.4 Å². The monoisotopic (exact) mass is 255 g/mol. The zero-order valence-electron chi connectivity index (χ0n) is 12.0. The zero-order valence-corrected chi connectivity index (χ0v) is 12.0. The van der Waals surface area contributed by atoms with E-state index in [-0.39, 0.29) is 0 Å². The molecule has 0 amide bonds. The first-order chi connectivity index (χ1) is 8.82. The van der Waals surface area contributed by atoms with Gasteiger partial charge in [0.15, 0.2) is 5.72 Å². The Bertz CT molecular complexity index is 561. The molecule has 0 saturated carbocycles. The molecule has 2 aromatic rings. The highest BCUT2D eigenvalue weighted by atomic mass is 16.3. The number of aryl methyl sites for hydroxylation is 4. The summed E-state index contributed by atoms with van der Waals surface area (Å²) in [5, 5.41) is 10.8. The lowest BCUT2D eigenvalue weighted by atomic mass is 9.87. The van der Waals surface area contributed by atoms with Crippen LogP contribution in [0.3, 0.4) is 0 Å². The Labute approximate surface area is 114 Å². The Hall–Kier alpha value is -1.64. The zero-order chi connectivity index (χ0) is 14.2. The van der Waals surface area contributed by atoms with Gasteiger partial charge in [-0.2, -0.15) is 0 Å². The molecule has 0 atom stereocenters. The second kappa shape index (κ2) is 4.80. The van der Waals surface area contributed by atoms with Crippen LogP contribution in [0.5, 0.6) is 0 Å². The van der Waals surface area contributed by atoms with Gasteiger partial charge in [-0.1, -0.05) is 47.5 Å². The molecule has 2 aromatic carbocycles. The van der Waals surface area contributed by atoms with Crippen LogP contribution in [0.25, 0.3) is 0 Å². The molecular weight excluding hydrogens is 234 g/mol. The van der Waals surface area contributed by atoms with Crippen molar-refractivity contribution in [1.82, 2.24) is 0 Å². The van der Waals surface area contributed by atoms with Crippen molar-refractivity contribution in [1.29, 1.82) is 0 Å². The Balaban J connectivity index is 2.64. The minimum Gasteiger partial charge on any atom is -0.368 e. The van der Waals surface area contributed by atoms with E-state index in [0.29, 0.717) is 0 Å². The van der Waals surface area contributed by atoms with E-state index in [1.54, 1.807) is 0 Å². The fraction of sp³-hybridized carbons (Fsp3) is 0.294. The van der Waals surface area contributed by atoms with Crippen LogP contribution in [0.15, 0.2) is 36.4 Å². The molecule has 100 valence electrons. The lowest BCUT2D eigenvalue weighted by Crippen LogP contribution is -2.39. The normalized spacial score (nSPS) is 11.7. The number of hydrogen-bond donors (Lipinski definition) is 2. The minimum absolute atomic E-state index is 0.765. The van der Waals surface area contributed by atoms with E-state index in [0.717, 1.165) is 33.4 Å². The van der Waals surface area contributed by atoms with E-state index in [4.69, 9.17) is 5.73 Å². The highest BCUT2D eigenvalue weighted by molar-refractivity contribution is 5.45. The average molecular weight is 255 g/mol. The lowest BCUT2D eigenvalue weighted by Gasteiger charge is -2.28. The maximum Gasteiger partial charge on any atom is 0.166 e. The first kappa shape index (κ1) is 13.8. The molecule has 0 aliphatic heterocycles. The fourth-order valence-electron chi connectivity index (χ4n) is 2.44. The Morgan fingerprint density at radius 2 is 1.16 bits per heavy atom. The smallest absolute Gasteiger partial charge is 0.166 e. The molecule has 19 heavy (non-hydrogen) atoms. The number of rotatable bonds is 2. The molecule has 0 aromatic heterocycles. The van der Waals surface area contributed by atoms with E-state index in [2.05, 4.69) is 0 Å². The van der Waals surface area contributed by atoms with Crippen LogP contribution < -0.4 is 5.73 Å². The van der Waals surface area contributed by atoms with Crippen molar-refractivity contribution < 1.29 is 5.11 Å². The molecule has 0 fully saturated rings. The second-order valence-electron chi connectivity index (χ2n) is 5.40. The summed E-state index contributed by atoms with van der Waals surface area (Å²) >= 11 is 0. The average Bonchev–Trinajstić information content (AvgIpc) is 2.35. The SMILES string of the molecule is Cc1ccc(C)c(C(N)(O)c2cc(C)ccc2C)c1. The molecule has 2 nitrogen and oxygen atoms in total. The first-order valence-electron chi connectivity index (χ1n) is 6.49. The Morgan fingerprint density at radius 1 is 0.789 bits per heavy atom. The van der Waals surface area contributed by atoms with Gasteiger partial charge in [0.2, 0.25) is 0 Å². The molecular formula is C17H21NO. The highest BCUT2D eigenvalue weighted by Gasteiger charge is 2.29. The summed E-state index contributed by atoms with van der Waals surface area (Å²) in [6, 6.07) is 11.9. The van der Waals surface area contributed by atoms with E-state index >= 15 is 0 Å². The molecule has 0 unspecified atom stereocenters. The summed E-state index contributed by atoms with van der Waals surface area (Å²) in [5.74, 6) is 0. The molecule has 2 heteroatoms. The van der Waals surface area contributed by atoms with Crippen LogP contribution in [0, 0.1) is 27.7 Å². The van der Waals surface area contributed by atoms with Gasteiger partial charge < -0.3 is 5.11 Å². The van der Waals surface area contributed by atoms with Gasteiger partial charge in [0.1, 0.15) is 0 Å². The van der Waals surface area contributed by atoms with Gasteiger partial charge in [-0.15, -0.1) is 0 Å². The van der Waals surface area contributed by atoms with Crippen molar-refractivity contribution in [3.8, 4) is 0 Å². The van der Waals surface area contributed by atoms with Gasteiger partial charge in [0, 0.05) is 11.1 Å². The summed E-state index contributed by atoms with van der Waals surface area (Å²) in [4.78, 5) is 0. The first-order valence-corrected chi connectivity index (χ1v) is 6.49. The molecule has 0 heterocycles. The number of nitrogens with two attached hydrogens (primary N) is 1. The maximum atomic E-state index is 10.8. The summed E-state index contributed by atoms with van der Waals surface area (Å²) in [7, 11) is 0. The third-order valence-corrected chi connectivity index (χ3v) is 3.61. The predicted octanol–water partition coefficient (Wildman–Crippen LogP) is 3.07. The van der Waals surface area contributed by atoms with Crippen LogP contribution >= 0.6 is 0 Å². The lowest BCUT2D eigenvalue weighted by molar-refractivity contribution is 0.0869. The van der Waals surface area contributed by atoms with Crippen LogP contribution in [-0.2, 0) is 5.72 Å². The largest absolute Gasteiger partial charge is 0.368 e. The molecule has 0 aliphatic carbocycles. The summed E-state index contributed by atoms with van der Waals surface area (Å²) in [5.41, 5.74) is 10.5. The van der Waals surface area contributed by atoms with Crippen molar-refractivity contribution in [2.24, 2.45) is 5.73 Å². The predicted molar refractivity (Wildman–Crippen MR) is 79.0 cm³/mol. The third-order valence-electron chi connectivity index (χ3n) is 3.61. The molecule has 3 N–H and O–H groups in total. The summed E-state index contributed by atoms with van der Waals surface area (Å²) in [6.45, 7) is 7.94. The Kier molecular flexibility index (Phi) is 3.48. The van der Waals surface area contributed by atoms with Crippen LogP contribution in [0.1, 0.15) is 33.4 Å². The van der Waals surface area contributed by atoms with Gasteiger partial charge in [0.25, 0.3) is 0 Å². The van der Waals surface area contributed by atoms with Crippen LogP contribution in [0.2, 0.25) is 0 Å². The van der Waals surface area contributed by atoms with E-state index in [1.165, 1.54) is 0 Å². The summed E-state index contributed by atoms with van der Waals surface area (Å²) in [6.07, 6.45) is 0. The number of benzene rings is 2. The fourth-order valence-corrected chi connectivity index (χ4v) is 2.44. The van der Waals surface area contributed by atoms with Gasteiger partial charge in [-0.3, -0.25) is 5.73 Å². The quantitative estimate of drug-likeness (QED) is 0.810. The van der Waals surface area contributed by atoms with Crippen molar-refractivity contribution in [2.75, 3.05) is 0 Å². The maximum absolute atomic E-state index is 10.8. The topological polar surface area (TPSA) is 46.2 Å². The van der Waals surface area contributed by atoms with Gasteiger partial charge in [-0.25, -0.2) is 0 Å². The van der Waals surface area contributed by atoms with E-state index in [9.17, 15) is 5.11 Å². The van der Waals surface area contributed by atoms with Gasteiger partial charge in [-0.05, 0) is 38.8 Å². The molecule has 0 saturated heterocycles. The van der Waals surface area contributed by atoms with E-state index < -0.39 is 5.72 Å². The molecule has 2 rings (SSSR count). The highest BCUT2D eigenvalue weighted by Crippen LogP contribution is 2.30. The van der Waals surface area contributed by atoms with Gasteiger partial charge >= 0.3 is 0 Å². The van der Waals surface area contributed by atoms with Gasteiger partial charge in [0.05, 0.1) is 0 Å². The molecule has 0 spiro atoms. The van der Waals surface area contributed by atoms with Crippen molar-refractivity contribution in [3.05, 3.63) is 69.8 Å². The number of aliphatic hydroxyl groups is 1. The van der Waals surface area contributed by atoms with Crippen molar-refractivity contribution in [3.63, 3.8) is 0 Å². The number of hydrogen-bond acceptors (Lipinski definition) is 2. The second-order valence-corrected chi connectivity index (χ2v) is 5.40. The van der Waals surface area contributed by atoms with Crippen molar-refractivity contribution >= 4 is 0 Å². The van der Waals surface area contributed by atoms with E-state index in [1.807, 2.05) is 64.1 Å². The standard InChI is InChI=1S/C17H21NO/c1-11-5-7-13(3)15(9-11)17(18,19)16-10-12(2)6-8-14(16)4/h5-10,19H,18H2,1-4H3. The van der Waals surface area contributed by atoms with Crippen LogP contribution in [0.4, 0.5) is 0 Å². The minimum atomic E-state index is -1.45. The molecule has 0 aliphatic rings. The summed E-state index contributed by atoms with van der Waals surface area (Å²) < 4.78 is 0. The third kappa shape index (κ3) is 2.55. The molecule has 0 bridgehead atoms. The van der Waals surface area contributed by atoms with Crippen LogP contribution in [-0.4, -0.2) is 5.11 Å².